The van der Waals surface area contributed by atoms with Gasteiger partial charge < -0.3 is 15.0 Å². The number of carbonyl (C=O) groups is 2. The summed E-state index contributed by atoms with van der Waals surface area (Å²) in [5.74, 6) is -2.13. The summed E-state index contributed by atoms with van der Waals surface area (Å²) in [6.45, 7) is -0.237. The monoisotopic (exact) mass is 476 g/mol. The Kier molecular flexibility index (Phi) is 5.43. The SMILES string of the molecule is O=C1C(=O)N(Cc2cccc(C(F)(F)F)c2)C(c2ccccc2)/C1=C(/O)c1c[nH]c2ccccc12. The molecule has 5 nitrogen and oxygen atoms in total. The number of hydrogen-bond acceptors (Lipinski definition) is 3. The van der Waals surface area contributed by atoms with E-state index in [-0.39, 0.29) is 23.4 Å². The first kappa shape index (κ1) is 22.5. The number of rotatable bonds is 4. The van der Waals surface area contributed by atoms with Gasteiger partial charge in [-0.2, -0.15) is 13.2 Å². The number of fused-ring (bicyclic) bond motifs is 1. The van der Waals surface area contributed by atoms with Crippen molar-refractivity contribution in [3.63, 3.8) is 0 Å². The van der Waals surface area contributed by atoms with E-state index in [0.29, 0.717) is 16.5 Å². The number of aliphatic hydroxyl groups is 1. The number of carbonyl (C=O) groups excluding carboxylic acids is 2. The van der Waals surface area contributed by atoms with Crippen molar-refractivity contribution in [2.24, 2.45) is 0 Å². The third-order valence-electron chi connectivity index (χ3n) is 6.11. The Morgan fingerprint density at radius 1 is 0.943 bits per heavy atom. The number of hydrogen-bond donors (Lipinski definition) is 2. The predicted octanol–water partition coefficient (Wildman–Crippen LogP) is 5.81. The first-order valence-corrected chi connectivity index (χ1v) is 10.8. The van der Waals surface area contributed by atoms with Gasteiger partial charge in [-0.25, -0.2) is 0 Å². The molecule has 4 aromatic rings. The molecule has 0 bridgehead atoms. The minimum absolute atomic E-state index is 0.113. The van der Waals surface area contributed by atoms with Crippen LogP contribution >= 0.6 is 0 Å². The van der Waals surface area contributed by atoms with Crippen LogP contribution in [0.1, 0.15) is 28.3 Å². The maximum absolute atomic E-state index is 13.2. The molecule has 2 heterocycles. The second kappa shape index (κ2) is 8.47. The van der Waals surface area contributed by atoms with Crippen LogP contribution in [0.25, 0.3) is 16.7 Å². The van der Waals surface area contributed by atoms with Crippen molar-refractivity contribution >= 4 is 28.4 Å². The molecule has 0 spiro atoms. The molecule has 1 aliphatic heterocycles. The van der Waals surface area contributed by atoms with E-state index in [1.807, 2.05) is 12.1 Å². The first-order chi connectivity index (χ1) is 16.8. The number of nitrogens with one attached hydrogen (secondary N) is 1. The van der Waals surface area contributed by atoms with Crippen molar-refractivity contribution < 1.29 is 27.9 Å². The number of likely N-dealkylation sites (tertiary alicyclic amines) is 1. The Hall–Kier alpha value is -4.33. The molecule has 35 heavy (non-hydrogen) atoms. The fourth-order valence-corrected chi connectivity index (χ4v) is 4.48. The summed E-state index contributed by atoms with van der Waals surface area (Å²) in [6, 6.07) is 19.5. The number of amides is 1. The van der Waals surface area contributed by atoms with E-state index < -0.39 is 29.5 Å². The molecule has 8 heteroatoms. The number of aromatic amines is 1. The van der Waals surface area contributed by atoms with Crippen molar-refractivity contribution in [2.75, 3.05) is 0 Å². The van der Waals surface area contributed by atoms with Crippen LogP contribution in [-0.2, 0) is 22.3 Å². The average molecular weight is 476 g/mol. The summed E-state index contributed by atoms with van der Waals surface area (Å²) in [7, 11) is 0. The third-order valence-corrected chi connectivity index (χ3v) is 6.11. The molecule has 1 aromatic heterocycles. The highest BCUT2D eigenvalue weighted by Crippen LogP contribution is 2.41. The summed E-state index contributed by atoms with van der Waals surface area (Å²) in [5, 5.41) is 11.9. The zero-order chi connectivity index (χ0) is 24.7. The van der Waals surface area contributed by atoms with Gasteiger partial charge in [-0.1, -0.05) is 60.7 Å². The van der Waals surface area contributed by atoms with E-state index in [4.69, 9.17) is 0 Å². The van der Waals surface area contributed by atoms with Gasteiger partial charge in [0.15, 0.2) is 0 Å². The summed E-state index contributed by atoms with van der Waals surface area (Å²) >= 11 is 0. The van der Waals surface area contributed by atoms with Crippen molar-refractivity contribution in [2.45, 2.75) is 18.8 Å². The number of para-hydroxylation sites is 1. The highest BCUT2D eigenvalue weighted by molar-refractivity contribution is 6.46. The van der Waals surface area contributed by atoms with Gasteiger partial charge in [0.1, 0.15) is 5.76 Å². The number of H-pyrrole nitrogens is 1. The predicted molar refractivity (Wildman–Crippen MR) is 124 cm³/mol. The fourth-order valence-electron chi connectivity index (χ4n) is 4.48. The zero-order valence-corrected chi connectivity index (χ0v) is 18.2. The van der Waals surface area contributed by atoms with Gasteiger partial charge in [0.2, 0.25) is 0 Å². The normalized spacial score (nSPS) is 17.9. The quantitative estimate of drug-likeness (QED) is 0.222. The van der Waals surface area contributed by atoms with Crippen LogP contribution in [-0.4, -0.2) is 26.7 Å². The van der Waals surface area contributed by atoms with E-state index in [1.165, 1.54) is 17.0 Å². The van der Waals surface area contributed by atoms with Crippen LogP contribution in [0.5, 0.6) is 0 Å². The molecule has 1 fully saturated rings. The molecule has 176 valence electrons. The number of alkyl halides is 3. The zero-order valence-electron chi connectivity index (χ0n) is 18.2. The van der Waals surface area contributed by atoms with Crippen LogP contribution in [0, 0.1) is 0 Å². The van der Waals surface area contributed by atoms with Crippen molar-refractivity contribution in [3.05, 3.63) is 113 Å². The van der Waals surface area contributed by atoms with Crippen LogP contribution in [0.4, 0.5) is 13.2 Å². The Bertz CT molecular complexity index is 1470. The van der Waals surface area contributed by atoms with Crippen molar-refractivity contribution in [1.29, 1.82) is 0 Å². The number of aliphatic hydroxyl groups excluding tert-OH is 1. The summed E-state index contributed by atoms with van der Waals surface area (Å²) in [6.07, 6.45) is -2.99. The fraction of sp³-hybridized carbons (Fsp3) is 0.111. The lowest BCUT2D eigenvalue weighted by molar-refractivity contribution is -0.140. The number of aromatic nitrogens is 1. The minimum atomic E-state index is -4.54. The van der Waals surface area contributed by atoms with Crippen LogP contribution in [0.15, 0.2) is 90.6 Å². The molecule has 1 aliphatic rings. The average Bonchev–Trinajstić information content (AvgIpc) is 3.39. The highest BCUT2D eigenvalue weighted by Gasteiger charge is 2.46. The van der Waals surface area contributed by atoms with Crippen LogP contribution < -0.4 is 0 Å². The van der Waals surface area contributed by atoms with Gasteiger partial charge in [-0.15, -0.1) is 0 Å². The highest BCUT2D eigenvalue weighted by atomic mass is 19.4. The number of halogens is 3. The smallest absolute Gasteiger partial charge is 0.416 e. The van der Waals surface area contributed by atoms with Gasteiger partial charge in [-0.05, 0) is 29.3 Å². The molecule has 1 unspecified atom stereocenters. The van der Waals surface area contributed by atoms with E-state index in [9.17, 15) is 27.9 Å². The molecule has 1 atom stereocenters. The molecule has 0 saturated carbocycles. The lowest BCUT2D eigenvalue weighted by atomic mass is 9.95. The Balaban J connectivity index is 1.64. The number of Topliss-reactive ketones (excluding diaryl/α,β-unsaturated/α-hetero) is 1. The van der Waals surface area contributed by atoms with Crippen molar-refractivity contribution in [1.82, 2.24) is 9.88 Å². The van der Waals surface area contributed by atoms with Gasteiger partial charge in [0, 0.05) is 29.2 Å². The van der Waals surface area contributed by atoms with E-state index in [1.54, 1.807) is 48.7 Å². The van der Waals surface area contributed by atoms with Gasteiger partial charge in [0.25, 0.3) is 11.7 Å². The largest absolute Gasteiger partial charge is 0.507 e. The third kappa shape index (κ3) is 3.97. The lowest BCUT2D eigenvalue weighted by Crippen LogP contribution is -2.29. The Morgan fingerprint density at radius 3 is 2.40 bits per heavy atom. The van der Waals surface area contributed by atoms with Crippen LogP contribution in [0.3, 0.4) is 0 Å². The molecular formula is C27H19F3N2O3. The van der Waals surface area contributed by atoms with Gasteiger partial charge in [-0.3, -0.25) is 9.59 Å². The van der Waals surface area contributed by atoms with Gasteiger partial charge >= 0.3 is 6.18 Å². The Morgan fingerprint density at radius 2 is 1.66 bits per heavy atom. The molecular weight excluding hydrogens is 457 g/mol. The molecule has 3 aromatic carbocycles. The summed E-state index contributed by atoms with van der Waals surface area (Å²) in [4.78, 5) is 30.5. The van der Waals surface area contributed by atoms with Gasteiger partial charge in [0.05, 0.1) is 17.2 Å². The minimum Gasteiger partial charge on any atom is -0.507 e. The molecule has 2 N–H and O–H groups in total. The first-order valence-electron chi connectivity index (χ1n) is 10.8. The second-order valence-corrected chi connectivity index (χ2v) is 8.28. The standard InChI is InChI=1S/C27H19F3N2O3/c28-27(29,30)18-10-6-7-16(13-18)15-32-23(17-8-2-1-3-9-17)22(25(34)26(32)35)24(33)20-14-31-21-12-5-4-11-19(20)21/h1-14,23,31,33H,15H2/b24-22-. The molecule has 0 aliphatic carbocycles. The topological polar surface area (TPSA) is 73.4 Å². The molecule has 1 amide bonds. The number of benzene rings is 3. The second-order valence-electron chi connectivity index (χ2n) is 8.28. The Labute approximate surface area is 198 Å². The maximum atomic E-state index is 13.2. The van der Waals surface area contributed by atoms with Crippen LogP contribution in [0.2, 0.25) is 0 Å². The van der Waals surface area contributed by atoms with E-state index in [2.05, 4.69) is 4.98 Å². The van der Waals surface area contributed by atoms with E-state index >= 15 is 0 Å². The maximum Gasteiger partial charge on any atom is 0.416 e. The summed E-state index contributed by atoms with van der Waals surface area (Å²) in [5.41, 5.74) is 0.913. The molecule has 0 radical (unpaired) electrons. The lowest BCUT2D eigenvalue weighted by Gasteiger charge is -2.25. The van der Waals surface area contributed by atoms with Crippen molar-refractivity contribution in [3.8, 4) is 0 Å². The molecule has 1 saturated heterocycles. The number of ketones is 1. The summed E-state index contributed by atoms with van der Waals surface area (Å²) < 4.78 is 39.7. The number of nitrogens with zero attached hydrogens (tertiary/aromatic N) is 1. The molecule has 5 rings (SSSR count). The van der Waals surface area contributed by atoms with E-state index in [0.717, 1.165) is 17.6 Å².